The fourth-order valence-electron chi connectivity index (χ4n) is 2.16. The molecule has 0 aromatic heterocycles. The molecule has 0 amide bonds. The molecule has 0 spiro atoms. The molecule has 2 heteroatoms. The van der Waals surface area contributed by atoms with Gasteiger partial charge in [0.1, 0.15) is 11.6 Å². The Kier molecular flexibility index (Phi) is 2.89. The van der Waals surface area contributed by atoms with Gasteiger partial charge in [-0.3, -0.25) is 9.59 Å². The average Bonchev–Trinajstić information content (AvgIpc) is 1.99. The van der Waals surface area contributed by atoms with Crippen LogP contribution < -0.4 is 0 Å². The highest BCUT2D eigenvalue weighted by Crippen LogP contribution is 2.35. The Hall–Kier alpha value is -0.660. The van der Waals surface area contributed by atoms with Crippen molar-refractivity contribution in [2.75, 3.05) is 0 Å². The second-order valence-corrected chi connectivity index (χ2v) is 4.63. The van der Waals surface area contributed by atoms with Gasteiger partial charge in [0.2, 0.25) is 0 Å². The van der Waals surface area contributed by atoms with Gasteiger partial charge >= 0.3 is 0 Å². The molecule has 0 bridgehead atoms. The van der Waals surface area contributed by atoms with Crippen LogP contribution in [0.2, 0.25) is 0 Å². The molecule has 0 aromatic rings. The van der Waals surface area contributed by atoms with E-state index in [1.165, 1.54) is 0 Å². The second-order valence-electron chi connectivity index (χ2n) is 4.63. The second kappa shape index (κ2) is 3.60. The summed E-state index contributed by atoms with van der Waals surface area (Å²) in [5.74, 6) is 0.714. The van der Waals surface area contributed by atoms with Crippen LogP contribution in [0, 0.1) is 11.3 Å². The minimum atomic E-state index is -0.660. The van der Waals surface area contributed by atoms with Crippen LogP contribution in [-0.4, -0.2) is 11.6 Å². The number of rotatable bonds is 2. The lowest BCUT2D eigenvalue weighted by molar-refractivity contribution is -0.143. The van der Waals surface area contributed by atoms with E-state index in [1.807, 2.05) is 6.92 Å². The Balaban J connectivity index is 2.81. The van der Waals surface area contributed by atoms with Gasteiger partial charge < -0.3 is 0 Å². The minimum absolute atomic E-state index is 0.150. The molecule has 0 aromatic carbocycles. The summed E-state index contributed by atoms with van der Waals surface area (Å²) >= 11 is 0. The molecular weight excluding hydrogens is 164 g/mol. The van der Waals surface area contributed by atoms with Crippen molar-refractivity contribution in [1.29, 1.82) is 0 Å². The zero-order valence-corrected chi connectivity index (χ0v) is 8.72. The number of carbonyl (C=O) groups is 2. The molecule has 74 valence electrons. The Labute approximate surface area is 79.7 Å². The van der Waals surface area contributed by atoms with Crippen molar-refractivity contribution in [3.05, 3.63) is 0 Å². The maximum absolute atomic E-state index is 11.6. The lowest BCUT2D eigenvalue weighted by atomic mass is 9.69. The molecule has 0 N–H and O–H groups in total. The first-order valence-corrected chi connectivity index (χ1v) is 5.03. The van der Waals surface area contributed by atoms with Crippen molar-refractivity contribution < 1.29 is 9.59 Å². The molecule has 0 heterocycles. The molecular formula is C11H18O2. The van der Waals surface area contributed by atoms with E-state index in [0.717, 1.165) is 6.42 Å². The highest BCUT2D eigenvalue weighted by molar-refractivity contribution is 6.08. The predicted octanol–water partition coefficient (Wildman–Crippen LogP) is 2.36. The van der Waals surface area contributed by atoms with Crippen LogP contribution in [0.15, 0.2) is 0 Å². The Bertz CT molecular complexity index is 212. The van der Waals surface area contributed by atoms with Gasteiger partial charge in [-0.15, -0.1) is 0 Å². The van der Waals surface area contributed by atoms with Gasteiger partial charge in [-0.05, 0) is 25.7 Å². The van der Waals surface area contributed by atoms with Crippen LogP contribution in [0.5, 0.6) is 0 Å². The summed E-state index contributed by atoms with van der Waals surface area (Å²) < 4.78 is 0. The van der Waals surface area contributed by atoms with Crippen molar-refractivity contribution in [1.82, 2.24) is 0 Å². The van der Waals surface area contributed by atoms with E-state index in [1.54, 1.807) is 0 Å². The summed E-state index contributed by atoms with van der Waals surface area (Å²) in [5, 5.41) is 0. The number of Topliss-reactive ketones (excluding diaryl/α,β-unsaturated/α-hetero) is 2. The fourth-order valence-corrected chi connectivity index (χ4v) is 2.16. The van der Waals surface area contributed by atoms with E-state index in [4.69, 9.17) is 0 Å². The quantitative estimate of drug-likeness (QED) is 0.614. The highest BCUT2D eigenvalue weighted by atomic mass is 16.2. The smallest absolute Gasteiger partial charge is 0.146 e. The molecule has 0 radical (unpaired) electrons. The summed E-state index contributed by atoms with van der Waals surface area (Å²) in [5.41, 5.74) is -0.660. The monoisotopic (exact) mass is 182 g/mol. The van der Waals surface area contributed by atoms with Gasteiger partial charge in [0.15, 0.2) is 0 Å². The molecule has 13 heavy (non-hydrogen) atoms. The van der Waals surface area contributed by atoms with Crippen molar-refractivity contribution in [2.24, 2.45) is 11.3 Å². The molecule has 2 nitrogen and oxygen atoms in total. The maximum atomic E-state index is 11.6. The molecule has 1 rings (SSSR count). The van der Waals surface area contributed by atoms with Crippen LogP contribution in [0.3, 0.4) is 0 Å². The molecule has 1 saturated carbocycles. The zero-order chi connectivity index (χ0) is 10.1. The van der Waals surface area contributed by atoms with Crippen molar-refractivity contribution in [3.8, 4) is 0 Å². The van der Waals surface area contributed by atoms with Crippen molar-refractivity contribution >= 4 is 11.6 Å². The summed E-state index contributed by atoms with van der Waals surface area (Å²) in [6, 6.07) is 0. The van der Waals surface area contributed by atoms with E-state index < -0.39 is 5.41 Å². The lowest BCUT2D eigenvalue weighted by Gasteiger charge is -2.31. The van der Waals surface area contributed by atoms with Gasteiger partial charge in [-0.1, -0.05) is 13.8 Å². The number of hydrogen-bond donors (Lipinski definition) is 0. The third kappa shape index (κ3) is 1.98. The summed E-state index contributed by atoms with van der Waals surface area (Å²) in [4.78, 5) is 23.3. The van der Waals surface area contributed by atoms with Crippen molar-refractivity contribution in [3.63, 3.8) is 0 Å². The molecule has 0 saturated heterocycles. The third-order valence-electron chi connectivity index (χ3n) is 2.86. The van der Waals surface area contributed by atoms with Crippen LogP contribution in [0.1, 0.15) is 46.5 Å². The van der Waals surface area contributed by atoms with Crippen LogP contribution in [0.4, 0.5) is 0 Å². The number of carbonyl (C=O) groups excluding carboxylic acids is 2. The van der Waals surface area contributed by atoms with E-state index in [9.17, 15) is 9.59 Å². The molecule has 1 aliphatic carbocycles. The first-order chi connectivity index (χ1) is 5.97. The molecule has 1 fully saturated rings. The highest BCUT2D eigenvalue weighted by Gasteiger charge is 2.42. The Morgan fingerprint density at radius 3 is 2.08 bits per heavy atom. The van der Waals surface area contributed by atoms with Crippen LogP contribution >= 0.6 is 0 Å². The van der Waals surface area contributed by atoms with Gasteiger partial charge in [0, 0.05) is 12.8 Å². The van der Waals surface area contributed by atoms with E-state index in [-0.39, 0.29) is 11.6 Å². The van der Waals surface area contributed by atoms with Gasteiger partial charge in [-0.2, -0.15) is 0 Å². The third-order valence-corrected chi connectivity index (χ3v) is 2.86. The Morgan fingerprint density at radius 2 is 1.69 bits per heavy atom. The topological polar surface area (TPSA) is 34.1 Å². The first kappa shape index (κ1) is 10.4. The summed E-state index contributed by atoms with van der Waals surface area (Å²) in [7, 11) is 0. The summed E-state index contributed by atoms with van der Waals surface area (Å²) in [6.07, 6.45) is 2.65. The van der Waals surface area contributed by atoms with Crippen LogP contribution in [-0.2, 0) is 9.59 Å². The van der Waals surface area contributed by atoms with Crippen molar-refractivity contribution in [2.45, 2.75) is 46.5 Å². The normalized spacial score (nSPS) is 22.5. The van der Waals surface area contributed by atoms with Crippen LogP contribution in [0.25, 0.3) is 0 Å². The fraction of sp³-hybridized carbons (Fsp3) is 0.818. The molecule has 1 aliphatic rings. The SMILES string of the molecule is CC(C)CC1(C)C(=O)CCCC1=O. The largest absolute Gasteiger partial charge is 0.299 e. The molecule has 0 unspecified atom stereocenters. The zero-order valence-electron chi connectivity index (χ0n) is 8.72. The average molecular weight is 182 g/mol. The predicted molar refractivity (Wildman–Crippen MR) is 51.4 cm³/mol. The summed E-state index contributed by atoms with van der Waals surface area (Å²) in [6.45, 7) is 5.93. The molecule has 0 atom stereocenters. The first-order valence-electron chi connectivity index (χ1n) is 5.03. The maximum Gasteiger partial charge on any atom is 0.146 e. The standard InChI is InChI=1S/C11H18O2/c1-8(2)7-11(3)9(12)5-4-6-10(11)13/h8H,4-7H2,1-3H3. The van der Waals surface area contributed by atoms with Gasteiger partial charge in [0.25, 0.3) is 0 Å². The lowest BCUT2D eigenvalue weighted by Crippen LogP contribution is -2.40. The van der Waals surface area contributed by atoms with E-state index in [0.29, 0.717) is 25.2 Å². The Morgan fingerprint density at radius 1 is 1.23 bits per heavy atom. The van der Waals surface area contributed by atoms with Gasteiger partial charge in [0.05, 0.1) is 5.41 Å². The number of hydrogen-bond acceptors (Lipinski definition) is 2. The number of ketones is 2. The minimum Gasteiger partial charge on any atom is -0.299 e. The molecule has 0 aliphatic heterocycles. The van der Waals surface area contributed by atoms with Gasteiger partial charge in [-0.25, -0.2) is 0 Å². The van der Waals surface area contributed by atoms with E-state index >= 15 is 0 Å². The van der Waals surface area contributed by atoms with E-state index in [2.05, 4.69) is 13.8 Å².